The minimum atomic E-state index is -0.285. The lowest BCUT2D eigenvalue weighted by molar-refractivity contribution is 0.179. The van der Waals surface area contributed by atoms with Gasteiger partial charge in [0, 0.05) is 11.8 Å². The third kappa shape index (κ3) is 3.79. The van der Waals surface area contributed by atoms with Crippen LogP contribution in [-0.4, -0.2) is 25.3 Å². The molecule has 1 aliphatic heterocycles. The zero-order valence-electron chi connectivity index (χ0n) is 20.3. The Hall–Kier alpha value is -4.52. The fourth-order valence-electron chi connectivity index (χ4n) is 5.02. The van der Waals surface area contributed by atoms with E-state index in [0.29, 0.717) is 18.8 Å². The molecule has 5 aromatic rings. The number of amides is 2. The van der Waals surface area contributed by atoms with E-state index in [1.165, 1.54) is 0 Å². The molecule has 0 saturated heterocycles. The summed E-state index contributed by atoms with van der Waals surface area (Å²) >= 11 is 0. The molecule has 1 N–H and O–H groups in total. The van der Waals surface area contributed by atoms with Crippen LogP contribution in [0.4, 0.5) is 4.79 Å². The maximum atomic E-state index is 13.8. The van der Waals surface area contributed by atoms with Gasteiger partial charge in [-0.15, -0.1) is 0 Å². The second kappa shape index (κ2) is 8.92. The van der Waals surface area contributed by atoms with Crippen molar-refractivity contribution in [1.29, 1.82) is 0 Å². The minimum Gasteiger partial charge on any atom is -0.467 e. The van der Waals surface area contributed by atoms with Gasteiger partial charge in [0.2, 0.25) is 0 Å². The topological polar surface area (TPSA) is 68.2 Å². The smallest absolute Gasteiger partial charge is 0.318 e. The number of benzene rings is 2. The third-order valence-corrected chi connectivity index (χ3v) is 6.70. The molecule has 0 spiro atoms. The number of carbonyl (C=O) groups excluding carboxylic acids is 1. The molecule has 180 valence electrons. The Balaban J connectivity index is 1.51. The first-order chi connectivity index (χ1) is 17.6. The van der Waals surface area contributed by atoms with Crippen molar-refractivity contribution in [2.45, 2.75) is 33.0 Å². The number of hydrogen-bond acceptors (Lipinski definition) is 3. The highest BCUT2D eigenvalue weighted by molar-refractivity contribution is 5.76. The van der Waals surface area contributed by atoms with Crippen LogP contribution in [-0.2, 0) is 13.1 Å². The number of para-hydroxylation sites is 1. The number of furan rings is 1. The maximum absolute atomic E-state index is 13.8. The van der Waals surface area contributed by atoms with E-state index < -0.39 is 0 Å². The van der Waals surface area contributed by atoms with Gasteiger partial charge in [0.05, 0.1) is 42.5 Å². The van der Waals surface area contributed by atoms with Crippen LogP contribution in [0.2, 0.25) is 0 Å². The largest absolute Gasteiger partial charge is 0.467 e. The lowest BCUT2D eigenvalue weighted by atomic mass is 10.00. The van der Waals surface area contributed by atoms with Crippen molar-refractivity contribution >= 4 is 6.03 Å². The predicted molar refractivity (Wildman–Crippen MR) is 137 cm³/mol. The van der Waals surface area contributed by atoms with Crippen molar-refractivity contribution in [2.75, 3.05) is 0 Å². The van der Waals surface area contributed by atoms with Gasteiger partial charge in [0.15, 0.2) is 0 Å². The molecular formula is C29H27N5O2. The van der Waals surface area contributed by atoms with Gasteiger partial charge in [-0.1, -0.05) is 48.0 Å². The van der Waals surface area contributed by atoms with Crippen LogP contribution in [0, 0.1) is 13.8 Å². The number of carbonyl (C=O) groups is 1. The van der Waals surface area contributed by atoms with Crippen molar-refractivity contribution in [1.82, 2.24) is 24.6 Å². The molecule has 0 saturated carbocycles. The van der Waals surface area contributed by atoms with Crippen molar-refractivity contribution in [2.24, 2.45) is 0 Å². The molecule has 7 heteroatoms. The zero-order chi connectivity index (χ0) is 24.6. The summed E-state index contributed by atoms with van der Waals surface area (Å²) in [5.41, 5.74) is 6.09. The van der Waals surface area contributed by atoms with Crippen molar-refractivity contribution in [3.8, 4) is 11.5 Å². The average Bonchev–Trinajstić information content (AvgIpc) is 3.63. The zero-order valence-corrected chi connectivity index (χ0v) is 20.3. The highest BCUT2D eigenvalue weighted by Crippen LogP contribution is 2.38. The van der Waals surface area contributed by atoms with E-state index in [9.17, 15) is 4.79 Å². The van der Waals surface area contributed by atoms with E-state index >= 15 is 0 Å². The molecule has 1 aliphatic rings. The van der Waals surface area contributed by atoms with Crippen molar-refractivity contribution in [3.05, 3.63) is 125 Å². The average molecular weight is 478 g/mol. The third-order valence-electron chi connectivity index (χ3n) is 6.70. The Labute approximate surface area is 209 Å². The molecule has 7 nitrogen and oxygen atoms in total. The van der Waals surface area contributed by atoms with Gasteiger partial charge < -0.3 is 19.2 Å². The Morgan fingerprint density at radius 2 is 1.89 bits per heavy atom. The summed E-state index contributed by atoms with van der Waals surface area (Å²) in [4.78, 5) is 15.7. The molecule has 3 aromatic heterocycles. The number of nitrogens with one attached hydrogen (secondary N) is 1. The number of rotatable bonds is 4. The van der Waals surface area contributed by atoms with Crippen LogP contribution in [0.1, 0.15) is 39.9 Å². The monoisotopic (exact) mass is 477 g/mol. The summed E-state index contributed by atoms with van der Waals surface area (Å²) in [6.07, 6.45) is 3.67. The van der Waals surface area contributed by atoms with Crippen LogP contribution < -0.4 is 5.32 Å². The first-order valence-corrected chi connectivity index (χ1v) is 12.0. The van der Waals surface area contributed by atoms with Gasteiger partial charge in [-0.3, -0.25) is 0 Å². The minimum absolute atomic E-state index is 0.162. The Kier molecular flexibility index (Phi) is 5.45. The summed E-state index contributed by atoms with van der Waals surface area (Å²) < 4.78 is 9.60. The van der Waals surface area contributed by atoms with Crippen molar-refractivity contribution < 1.29 is 9.21 Å². The molecule has 1 atom stereocenters. The fraction of sp³-hybridized carbons (Fsp3) is 0.172. The molecule has 0 bridgehead atoms. The fourth-order valence-corrected chi connectivity index (χ4v) is 5.02. The van der Waals surface area contributed by atoms with E-state index in [2.05, 4.69) is 47.3 Å². The summed E-state index contributed by atoms with van der Waals surface area (Å²) in [5.74, 6) is 1.67. The SMILES string of the molecule is Cc1cccc(C2c3cccn3-c3c(c(C)nn3-c3ccccc3)CN2C(=O)NCc2ccco2)c1. The lowest BCUT2D eigenvalue weighted by Crippen LogP contribution is -2.41. The van der Waals surface area contributed by atoms with Crippen LogP contribution in [0.15, 0.2) is 95.7 Å². The molecule has 36 heavy (non-hydrogen) atoms. The van der Waals surface area contributed by atoms with Gasteiger partial charge in [-0.25, -0.2) is 9.48 Å². The molecular weight excluding hydrogens is 450 g/mol. The molecule has 6 rings (SSSR count). The van der Waals surface area contributed by atoms with Gasteiger partial charge in [0.25, 0.3) is 0 Å². The molecule has 2 aromatic carbocycles. The van der Waals surface area contributed by atoms with Crippen molar-refractivity contribution in [3.63, 3.8) is 0 Å². The first kappa shape index (κ1) is 22.0. The number of aryl methyl sites for hydroxylation is 2. The highest BCUT2D eigenvalue weighted by Gasteiger charge is 2.36. The number of urea groups is 1. The van der Waals surface area contributed by atoms with E-state index in [4.69, 9.17) is 9.52 Å². The van der Waals surface area contributed by atoms with Gasteiger partial charge in [-0.2, -0.15) is 5.10 Å². The highest BCUT2D eigenvalue weighted by atomic mass is 16.3. The van der Waals surface area contributed by atoms with Crippen LogP contribution >= 0.6 is 0 Å². The Morgan fingerprint density at radius 1 is 1.03 bits per heavy atom. The molecule has 1 unspecified atom stereocenters. The normalized spacial score (nSPS) is 14.7. The lowest BCUT2D eigenvalue weighted by Gasteiger charge is -2.31. The maximum Gasteiger partial charge on any atom is 0.318 e. The first-order valence-electron chi connectivity index (χ1n) is 12.0. The van der Waals surface area contributed by atoms with E-state index in [1.807, 2.05) is 71.1 Å². The molecule has 2 amide bonds. The van der Waals surface area contributed by atoms with Crippen LogP contribution in [0.5, 0.6) is 0 Å². The van der Waals surface area contributed by atoms with Crippen LogP contribution in [0.3, 0.4) is 0 Å². The van der Waals surface area contributed by atoms with Gasteiger partial charge >= 0.3 is 6.03 Å². The number of fused-ring (bicyclic) bond motifs is 3. The number of nitrogens with zero attached hydrogens (tertiary/aromatic N) is 4. The summed E-state index contributed by atoms with van der Waals surface area (Å²) in [5, 5.41) is 7.96. The molecule has 0 aliphatic carbocycles. The second-order valence-electron chi connectivity index (χ2n) is 9.12. The predicted octanol–water partition coefficient (Wildman–Crippen LogP) is 5.69. The second-order valence-corrected chi connectivity index (χ2v) is 9.12. The Bertz CT molecular complexity index is 1510. The van der Waals surface area contributed by atoms with E-state index in [-0.39, 0.29) is 12.1 Å². The summed E-state index contributed by atoms with van der Waals surface area (Å²) in [6, 6.07) is 25.8. The molecule has 0 fully saturated rings. The quantitative estimate of drug-likeness (QED) is 0.362. The summed E-state index contributed by atoms with van der Waals surface area (Å²) in [6.45, 7) is 4.82. The standard InChI is InChI=1S/C29H27N5O2/c1-20-9-6-10-22(17-20)27-26-14-7-15-32(26)28-25(21(2)31-34(28)23-11-4-3-5-12-23)19-33(27)29(35)30-18-24-13-8-16-36-24/h3-17,27H,18-19H2,1-2H3,(H,30,35). The molecule has 0 radical (unpaired) electrons. The molecule has 4 heterocycles. The number of hydrogen-bond donors (Lipinski definition) is 1. The van der Waals surface area contributed by atoms with Crippen LogP contribution in [0.25, 0.3) is 11.5 Å². The number of aromatic nitrogens is 3. The Morgan fingerprint density at radius 3 is 2.67 bits per heavy atom. The van der Waals surface area contributed by atoms with Gasteiger partial charge in [0.1, 0.15) is 11.6 Å². The van der Waals surface area contributed by atoms with Gasteiger partial charge in [-0.05, 0) is 55.8 Å². The van der Waals surface area contributed by atoms with E-state index in [1.54, 1.807) is 6.26 Å². The van der Waals surface area contributed by atoms with E-state index in [0.717, 1.165) is 39.6 Å². The summed E-state index contributed by atoms with van der Waals surface area (Å²) in [7, 11) is 0.